The second-order valence-electron chi connectivity index (χ2n) is 7.60. The lowest BCUT2D eigenvalue weighted by molar-refractivity contribution is 0.0592. The summed E-state index contributed by atoms with van der Waals surface area (Å²) < 4.78 is 9.19. The zero-order chi connectivity index (χ0) is 28.0. The molecule has 0 spiro atoms. The fourth-order valence-corrected chi connectivity index (χ4v) is 3.34. The molecule has 194 valence electrons. The Hall–Kier alpha value is -5.52. The molecule has 0 saturated carbocycles. The zero-order valence-corrected chi connectivity index (χ0v) is 19.9. The number of rotatable bonds is 8. The van der Waals surface area contributed by atoms with Crippen LogP contribution in [-0.2, 0) is 9.47 Å². The molecule has 0 aliphatic heterocycles. The average Bonchev–Trinajstić information content (AvgIpc) is 2.91. The van der Waals surface area contributed by atoms with Crippen LogP contribution in [-0.4, -0.2) is 60.1 Å². The van der Waals surface area contributed by atoms with Crippen molar-refractivity contribution in [2.24, 2.45) is 0 Å². The largest absolute Gasteiger partial charge is 0.478 e. The Labute approximate surface area is 214 Å². The maximum atomic E-state index is 12.9. The number of ether oxygens (including phenoxy) is 2. The molecule has 12 nitrogen and oxygen atoms in total. The molecule has 0 bridgehead atoms. The van der Waals surface area contributed by atoms with E-state index in [4.69, 9.17) is 0 Å². The van der Waals surface area contributed by atoms with Gasteiger partial charge in [-0.2, -0.15) is 0 Å². The van der Waals surface area contributed by atoms with Crippen molar-refractivity contribution in [3.63, 3.8) is 0 Å². The number of hydrogen-bond donors (Lipinski definition) is 4. The Morgan fingerprint density at radius 2 is 0.868 bits per heavy atom. The first-order valence-corrected chi connectivity index (χ1v) is 10.7. The van der Waals surface area contributed by atoms with Gasteiger partial charge in [0.2, 0.25) is 0 Å². The molecule has 3 aromatic carbocycles. The summed E-state index contributed by atoms with van der Waals surface area (Å²) >= 11 is 0. The fraction of sp³-hybridized carbons (Fsp3) is 0.0769. The van der Waals surface area contributed by atoms with Gasteiger partial charge in [-0.25, -0.2) is 19.2 Å². The van der Waals surface area contributed by atoms with Gasteiger partial charge in [0, 0.05) is 11.4 Å². The minimum atomic E-state index is -1.58. The van der Waals surface area contributed by atoms with E-state index < -0.39 is 57.9 Å². The summed E-state index contributed by atoms with van der Waals surface area (Å²) in [4.78, 5) is 72.7. The molecule has 0 aliphatic carbocycles. The molecule has 2 amide bonds. The molecule has 0 heterocycles. The van der Waals surface area contributed by atoms with E-state index >= 15 is 0 Å². The van der Waals surface area contributed by atoms with Crippen molar-refractivity contribution < 1.29 is 48.5 Å². The number of carbonyl (C=O) groups excluding carboxylic acids is 4. The number of carbonyl (C=O) groups is 6. The number of amides is 2. The predicted molar refractivity (Wildman–Crippen MR) is 132 cm³/mol. The summed E-state index contributed by atoms with van der Waals surface area (Å²) in [6.07, 6.45) is 0. The highest BCUT2D eigenvalue weighted by Gasteiger charge is 2.26. The quantitative estimate of drug-likeness (QED) is 0.322. The van der Waals surface area contributed by atoms with Crippen LogP contribution in [0.4, 0.5) is 11.4 Å². The third kappa shape index (κ3) is 5.99. The van der Waals surface area contributed by atoms with Gasteiger partial charge in [-0.05, 0) is 60.7 Å². The maximum Gasteiger partial charge on any atom is 0.337 e. The lowest BCUT2D eigenvalue weighted by atomic mass is 9.96. The van der Waals surface area contributed by atoms with Crippen molar-refractivity contribution in [3.05, 3.63) is 94.0 Å². The molecule has 3 rings (SSSR count). The maximum absolute atomic E-state index is 12.9. The van der Waals surface area contributed by atoms with Gasteiger partial charge < -0.3 is 30.3 Å². The normalized spacial score (nSPS) is 10.2. The lowest BCUT2D eigenvalue weighted by Crippen LogP contribution is -2.22. The molecule has 4 N–H and O–H groups in total. The second kappa shape index (κ2) is 11.5. The number of esters is 2. The highest BCUT2D eigenvalue weighted by atomic mass is 16.5. The molecule has 0 aromatic heterocycles. The van der Waals surface area contributed by atoms with E-state index in [0.717, 1.165) is 12.1 Å². The van der Waals surface area contributed by atoms with Crippen LogP contribution in [0.15, 0.2) is 60.7 Å². The minimum absolute atomic E-state index is 0.188. The van der Waals surface area contributed by atoms with E-state index in [2.05, 4.69) is 20.1 Å². The molecular weight excluding hydrogens is 500 g/mol. The van der Waals surface area contributed by atoms with Gasteiger partial charge in [-0.3, -0.25) is 9.59 Å². The Balaban J connectivity index is 1.93. The standard InChI is InChI=1S/C26H20N2O10/c1-37-25(35)13-3-7-15(8-4-13)27-21(29)17-11-20(24(33)34)18(12-19(17)23(31)32)22(30)28-16-9-5-14(6-10-16)26(36)38-2/h3-12H,1-2H3,(H,27,29)(H,28,30)(H,31,32)(H,33,34). The first kappa shape index (κ1) is 27.1. The first-order chi connectivity index (χ1) is 18.0. The third-order valence-corrected chi connectivity index (χ3v) is 5.24. The topological polar surface area (TPSA) is 185 Å². The van der Waals surface area contributed by atoms with E-state index in [1.165, 1.54) is 62.8 Å². The third-order valence-electron chi connectivity index (χ3n) is 5.24. The van der Waals surface area contributed by atoms with Crippen LogP contribution in [0.5, 0.6) is 0 Å². The predicted octanol–water partition coefficient (Wildman–Crippen LogP) is 3.16. The van der Waals surface area contributed by atoms with Crippen LogP contribution >= 0.6 is 0 Å². The summed E-state index contributed by atoms with van der Waals surface area (Å²) in [5.74, 6) is -6.28. The number of nitrogens with one attached hydrogen (secondary N) is 2. The number of benzene rings is 3. The van der Waals surface area contributed by atoms with Crippen molar-refractivity contribution in [1.29, 1.82) is 0 Å². The Morgan fingerprint density at radius 1 is 0.553 bits per heavy atom. The summed E-state index contributed by atoms with van der Waals surface area (Å²) in [5, 5.41) is 24.2. The molecule has 0 radical (unpaired) electrons. The van der Waals surface area contributed by atoms with Crippen LogP contribution in [0.2, 0.25) is 0 Å². The van der Waals surface area contributed by atoms with Crippen molar-refractivity contribution in [2.45, 2.75) is 0 Å². The van der Waals surface area contributed by atoms with Gasteiger partial charge in [0.25, 0.3) is 11.8 Å². The average molecular weight is 520 g/mol. The Bertz CT molecular complexity index is 1330. The van der Waals surface area contributed by atoms with Crippen LogP contribution in [0.25, 0.3) is 0 Å². The molecule has 3 aromatic rings. The van der Waals surface area contributed by atoms with Crippen LogP contribution in [0, 0.1) is 0 Å². The zero-order valence-electron chi connectivity index (χ0n) is 19.9. The molecule has 0 saturated heterocycles. The molecule has 0 fully saturated rings. The van der Waals surface area contributed by atoms with Gasteiger partial charge >= 0.3 is 23.9 Å². The van der Waals surface area contributed by atoms with Crippen molar-refractivity contribution >= 4 is 47.1 Å². The van der Waals surface area contributed by atoms with Crippen LogP contribution < -0.4 is 10.6 Å². The summed E-state index contributed by atoms with van der Waals surface area (Å²) in [7, 11) is 2.41. The Kier molecular flexibility index (Phi) is 8.18. The summed E-state index contributed by atoms with van der Waals surface area (Å²) in [6.45, 7) is 0. The minimum Gasteiger partial charge on any atom is -0.478 e. The van der Waals surface area contributed by atoms with E-state index in [1.54, 1.807) is 0 Å². The molecule has 0 atom stereocenters. The smallest absolute Gasteiger partial charge is 0.337 e. The van der Waals surface area contributed by atoms with Gasteiger partial charge in [0.05, 0.1) is 47.6 Å². The van der Waals surface area contributed by atoms with Crippen LogP contribution in [0.1, 0.15) is 62.1 Å². The van der Waals surface area contributed by atoms with Crippen molar-refractivity contribution in [3.8, 4) is 0 Å². The lowest BCUT2D eigenvalue weighted by Gasteiger charge is -2.13. The van der Waals surface area contributed by atoms with E-state index in [1.807, 2.05) is 0 Å². The molecular formula is C26H20N2O10. The van der Waals surface area contributed by atoms with Gasteiger partial charge in [-0.15, -0.1) is 0 Å². The molecule has 0 unspecified atom stereocenters. The van der Waals surface area contributed by atoms with Gasteiger partial charge in [-0.1, -0.05) is 0 Å². The second-order valence-corrected chi connectivity index (χ2v) is 7.60. The van der Waals surface area contributed by atoms with E-state index in [0.29, 0.717) is 0 Å². The number of carboxylic acid groups (broad SMARTS) is 2. The number of anilines is 2. The van der Waals surface area contributed by atoms with Crippen LogP contribution in [0.3, 0.4) is 0 Å². The highest BCUT2D eigenvalue weighted by molar-refractivity contribution is 6.16. The van der Waals surface area contributed by atoms with Gasteiger partial charge in [0.1, 0.15) is 0 Å². The molecule has 0 aliphatic rings. The molecule has 12 heteroatoms. The fourth-order valence-electron chi connectivity index (χ4n) is 3.34. The van der Waals surface area contributed by atoms with Crippen molar-refractivity contribution in [2.75, 3.05) is 24.9 Å². The number of hydrogen-bond acceptors (Lipinski definition) is 8. The Morgan fingerprint density at radius 3 is 1.13 bits per heavy atom. The van der Waals surface area contributed by atoms with E-state index in [-0.39, 0.29) is 22.5 Å². The SMILES string of the molecule is COC(=O)c1ccc(NC(=O)c2cc(C(=O)O)c(C(=O)Nc3ccc(C(=O)OC)cc3)cc2C(=O)O)cc1. The number of carboxylic acids is 2. The summed E-state index contributed by atoms with van der Waals surface area (Å²) in [6, 6.07) is 12.5. The van der Waals surface area contributed by atoms with E-state index in [9.17, 15) is 39.0 Å². The summed E-state index contributed by atoms with van der Waals surface area (Å²) in [5.41, 5.74) is -1.46. The first-order valence-electron chi connectivity index (χ1n) is 10.7. The van der Waals surface area contributed by atoms with Crippen molar-refractivity contribution in [1.82, 2.24) is 0 Å². The number of aromatic carboxylic acids is 2. The number of methoxy groups -OCH3 is 2. The monoisotopic (exact) mass is 520 g/mol. The highest BCUT2D eigenvalue weighted by Crippen LogP contribution is 2.22. The molecule has 38 heavy (non-hydrogen) atoms. The van der Waals surface area contributed by atoms with Gasteiger partial charge in [0.15, 0.2) is 0 Å².